The summed E-state index contributed by atoms with van der Waals surface area (Å²) < 4.78 is 22.3. The van der Waals surface area contributed by atoms with Crippen molar-refractivity contribution in [1.82, 2.24) is 5.32 Å². The van der Waals surface area contributed by atoms with Crippen molar-refractivity contribution in [2.45, 2.75) is 4.90 Å². The van der Waals surface area contributed by atoms with Crippen LogP contribution in [0.5, 0.6) is 0 Å². The van der Waals surface area contributed by atoms with E-state index in [1.807, 2.05) is 0 Å². The summed E-state index contributed by atoms with van der Waals surface area (Å²) in [7, 11) is -3.74. The summed E-state index contributed by atoms with van der Waals surface area (Å²) in [6, 6.07) is 5.89. The third-order valence-corrected chi connectivity index (χ3v) is 3.49. The summed E-state index contributed by atoms with van der Waals surface area (Å²) in [5.41, 5.74) is 0.438. The van der Waals surface area contributed by atoms with Crippen LogP contribution in [0.4, 0.5) is 5.69 Å². The van der Waals surface area contributed by atoms with Gasteiger partial charge in [0.05, 0.1) is 10.8 Å². The number of amides is 1. The van der Waals surface area contributed by atoms with Crippen LogP contribution >= 0.6 is 0 Å². The molecule has 0 aliphatic carbocycles. The first-order chi connectivity index (χ1) is 7.97. The minimum absolute atomic E-state index is 0.0120. The second-order valence-corrected chi connectivity index (χ2v) is 5.48. The molecule has 0 saturated carbocycles. The highest BCUT2D eigenvalue weighted by atomic mass is 32.2. The number of rotatable bonds is 3. The number of anilines is 1. The number of carbonyl (C=O) groups is 1. The van der Waals surface area contributed by atoms with Crippen LogP contribution in [0.2, 0.25) is 0 Å². The summed E-state index contributed by atoms with van der Waals surface area (Å²) >= 11 is 0. The van der Waals surface area contributed by atoms with Crippen LogP contribution in [0.1, 0.15) is 0 Å². The van der Waals surface area contributed by atoms with Gasteiger partial charge in [-0.15, -0.1) is 0 Å². The van der Waals surface area contributed by atoms with Crippen LogP contribution in [0.15, 0.2) is 29.2 Å². The molecule has 1 aliphatic heterocycles. The van der Waals surface area contributed by atoms with Crippen molar-refractivity contribution < 1.29 is 13.2 Å². The third-order valence-electron chi connectivity index (χ3n) is 2.58. The maximum absolute atomic E-state index is 11.6. The Morgan fingerprint density at radius 3 is 2.65 bits per heavy atom. The number of nitrogens with two attached hydrogens (primary N) is 1. The minimum Gasteiger partial charge on any atom is -0.326 e. The van der Waals surface area contributed by atoms with E-state index in [9.17, 15) is 13.2 Å². The Kier molecular flexibility index (Phi) is 3.14. The van der Waals surface area contributed by atoms with Gasteiger partial charge in [0.1, 0.15) is 0 Å². The molecule has 1 aromatic rings. The topological polar surface area (TPSA) is 101 Å². The zero-order valence-corrected chi connectivity index (χ0v) is 9.83. The van der Waals surface area contributed by atoms with Crippen molar-refractivity contribution >= 4 is 21.6 Å². The zero-order valence-electron chi connectivity index (χ0n) is 9.01. The Morgan fingerprint density at radius 1 is 1.41 bits per heavy atom. The minimum atomic E-state index is -3.74. The van der Waals surface area contributed by atoms with Gasteiger partial charge in [-0.2, -0.15) is 0 Å². The molecule has 6 nitrogen and oxygen atoms in total. The molecule has 1 amide bonds. The summed E-state index contributed by atoms with van der Waals surface area (Å²) in [6.07, 6.45) is 0. The van der Waals surface area contributed by atoms with Gasteiger partial charge in [0.25, 0.3) is 0 Å². The van der Waals surface area contributed by atoms with Crippen molar-refractivity contribution in [2.75, 3.05) is 18.4 Å². The van der Waals surface area contributed by atoms with Crippen LogP contribution in [0.3, 0.4) is 0 Å². The number of nitrogens with one attached hydrogen (secondary N) is 2. The third kappa shape index (κ3) is 2.82. The lowest BCUT2D eigenvalue weighted by Crippen LogP contribution is -2.48. The molecule has 17 heavy (non-hydrogen) atoms. The number of hydrogen-bond acceptors (Lipinski definition) is 4. The van der Waals surface area contributed by atoms with Crippen LogP contribution in [-0.2, 0) is 14.8 Å². The molecule has 1 fully saturated rings. The quantitative estimate of drug-likeness (QED) is 0.677. The first-order valence-corrected chi connectivity index (χ1v) is 6.66. The first-order valence-electron chi connectivity index (χ1n) is 5.11. The van der Waals surface area contributed by atoms with Crippen molar-refractivity contribution in [3.63, 3.8) is 0 Å². The SMILES string of the molecule is NS(=O)(=O)c1cccc(NC(=O)C2CNC2)c1. The van der Waals surface area contributed by atoms with Gasteiger partial charge >= 0.3 is 0 Å². The summed E-state index contributed by atoms with van der Waals surface area (Å²) in [5.74, 6) is -0.163. The van der Waals surface area contributed by atoms with Gasteiger partial charge < -0.3 is 10.6 Å². The molecule has 1 saturated heterocycles. The van der Waals surface area contributed by atoms with Crippen molar-refractivity contribution in [3.8, 4) is 0 Å². The van der Waals surface area contributed by atoms with Gasteiger partial charge in [0, 0.05) is 18.8 Å². The Labute approximate surface area is 99.2 Å². The van der Waals surface area contributed by atoms with Crippen molar-refractivity contribution in [3.05, 3.63) is 24.3 Å². The summed E-state index contributed by atoms with van der Waals surface area (Å²) in [5, 5.41) is 10.6. The number of primary sulfonamides is 1. The lowest BCUT2D eigenvalue weighted by molar-refractivity contribution is -0.121. The van der Waals surface area contributed by atoms with Gasteiger partial charge in [0.15, 0.2) is 0 Å². The molecule has 0 bridgehead atoms. The molecule has 1 aliphatic rings. The fourth-order valence-corrected chi connectivity index (χ4v) is 2.03. The van der Waals surface area contributed by atoms with E-state index in [1.54, 1.807) is 6.07 Å². The van der Waals surface area contributed by atoms with Gasteiger partial charge in [-0.05, 0) is 18.2 Å². The average molecular weight is 255 g/mol. The maximum atomic E-state index is 11.6. The monoisotopic (exact) mass is 255 g/mol. The van der Waals surface area contributed by atoms with Gasteiger partial charge in [-0.1, -0.05) is 6.07 Å². The second kappa shape index (κ2) is 4.44. The molecule has 0 radical (unpaired) electrons. The molecule has 7 heteroatoms. The van der Waals surface area contributed by atoms with Crippen molar-refractivity contribution in [2.24, 2.45) is 11.1 Å². The van der Waals surface area contributed by atoms with E-state index < -0.39 is 10.0 Å². The molecule has 4 N–H and O–H groups in total. The van der Waals surface area contributed by atoms with E-state index in [4.69, 9.17) is 5.14 Å². The van der Waals surface area contributed by atoms with Crippen LogP contribution in [-0.4, -0.2) is 27.4 Å². The highest BCUT2D eigenvalue weighted by Crippen LogP contribution is 2.15. The number of carbonyl (C=O) groups excluding carboxylic acids is 1. The van der Waals surface area contributed by atoms with Gasteiger partial charge in [-0.25, -0.2) is 13.6 Å². The molecule has 0 spiro atoms. The van der Waals surface area contributed by atoms with Gasteiger partial charge in [-0.3, -0.25) is 4.79 Å². The Morgan fingerprint density at radius 2 is 2.12 bits per heavy atom. The van der Waals surface area contributed by atoms with Crippen molar-refractivity contribution in [1.29, 1.82) is 0 Å². The second-order valence-electron chi connectivity index (χ2n) is 3.92. The molecular weight excluding hydrogens is 242 g/mol. The Balaban J connectivity index is 2.13. The lowest BCUT2D eigenvalue weighted by atomic mass is 10.0. The largest absolute Gasteiger partial charge is 0.326 e. The highest BCUT2D eigenvalue weighted by molar-refractivity contribution is 7.89. The zero-order chi connectivity index (χ0) is 12.5. The average Bonchev–Trinajstić information content (AvgIpc) is 2.13. The van der Waals surface area contributed by atoms with Crippen LogP contribution in [0.25, 0.3) is 0 Å². The fourth-order valence-electron chi connectivity index (χ4n) is 1.47. The predicted octanol–water partition coefficient (Wildman–Crippen LogP) is -0.508. The fraction of sp³-hybridized carbons (Fsp3) is 0.300. The molecule has 0 unspecified atom stereocenters. The molecule has 1 aromatic carbocycles. The Hall–Kier alpha value is -1.44. The highest BCUT2D eigenvalue weighted by Gasteiger charge is 2.24. The molecule has 0 aromatic heterocycles. The molecule has 2 rings (SSSR count). The molecule has 0 atom stereocenters. The van der Waals surface area contributed by atoms with Gasteiger partial charge in [0.2, 0.25) is 15.9 Å². The predicted molar refractivity (Wildman–Crippen MR) is 62.8 cm³/mol. The maximum Gasteiger partial charge on any atom is 0.238 e. The number of sulfonamides is 1. The van der Waals surface area contributed by atoms with Crippen LogP contribution in [0, 0.1) is 5.92 Å². The Bertz CT molecular complexity index is 537. The molecule has 92 valence electrons. The smallest absolute Gasteiger partial charge is 0.238 e. The first kappa shape index (κ1) is 12.0. The lowest BCUT2D eigenvalue weighted by Gasteiger charge is -2.25. The summed E-state index contributed by atoms with van der Waals surface area (Å²) in [6.45, 7) is 1.31. The van der Waals surface area contributed by atoms with E-state index in [0.29, 0.717) is 18.8 Å². The van der Waals surface area contributed by atoms with E-state index in [2.05, 4.69) is 10.6 Å². The summed E-state index contributed by atoms with van der Waals surface area (Å²) in [4.78, 5) is 11.6. The number of benzene rings is 1. The normalized spacial score (nSPS) is 16.3. The number of hydrogen-bond donors (Lipinski definition) is 3. The van der Waals surface area contributed by atoms with Crippen LogP contribution < -0.4 is 15.8 Å². The molecule has 1 heterocycles. The molecular formula is C10H13N3O3S. The van der Waals surface area contributed by atoms with E-state index in [1.165, 1.54) is 18.2 Å². The van der Waals surface area contributed by atoms with E-state index in [0.717, 1.165) is 0 Å². The van der Waals surface area contributed by atoms with E-state index in [-0.39, 0.29) is 16.7 Å². The standard InChI is InChI=1S/C10H13N3O3S/c11-17(15,16)9-3-1-2-8(4-9)13-10(14)7-5-12-6-7/h1-4,7,12H,5-6H2,(H,13,14)(H2,11,15,16). The van der Waals surface area contributed by atoms with E-state index >= 15 is 0 Å².